The van der Waals surface area contributed by atoms with Crippen molar-refractivity contribution in [1.82, 2.24) is 5.32 Å². The maximum absolute atomic E-state index is 12.0. The SMILES string of the molecule is CC(=O)CC[C@@H](NC(=O)c1ccc(OC(C)=O)cc1)C(N)=O. The Morgan fingerprint density at radius 2 is 1.73 bits per heavy atom. The van der Waals surface area contributed by atoms with Crippen molar-refractivity contribution in [2.24, 2.45) is 5.73 Å². The third-order valence-corrected chi connectivity index (χ3v) is 2.81. The molecule has 0 spiro atoms. The number of primary amides is 1. The number of carbonyl (C=O) groups excluding carboxylic acids is 4. The molecule has 0 aromatic heterocycles. The fourth-order valence-electron chi connectivity index (χ4n) is 1.72. The maximum atomic E-state index is 12.0. The maximum Gasteiger partial charge on any atom is 0.308 e. The highest BCUT2D eigenvalue weighted by atomic mass is 16.5. The van der Waals surface area contributed by atoms with E-state index in [4.69, 9.17) is 10.5 Å². The molecule has 0 aliphatic rings. The Kier molecular flexibility index (Phi) is 6.25. The van der Waals surface area contributed by atoms with Gasteiger partial charge in [-0.3, -0.25) is 14.4 Å². The van der Waals surface area contributed by atoms with Crippen molar-refractivity contribution in [2.75, 3.05) is 0 Å². The summed E-state index contributed by atoms with van der Waals surface area (Å²) in [6, 6.07) is 4.92. The van der Waals surface area contributed by atoms with E-state index in [-0.39, 0.29) is 24.2 Å². The van der Waals surface area contributed by atoms with Crippen molar-refractivity contribution in [1.29, 1.82) is 0 Å². The molecule has 22 heavy (non-hydrogen) atoms. The summed E-state index contributed by atoms with van der Waals surface area (Å²) in [6.45, 7) is 2.67. The number of nitrogens with one attached hydrogen (secondary N) is 1. The lowest BCUT2D eigenvalue weighted by atomic mass is 10.1. The van der Waals surface area contributed by atoms with Crippen LogP contribution in [0.4, 0.5) is 0 Å². The van der Waals surface area contributed by atoms with Crippen LogP contribution in [0.2, 0.25) is 0 Å². The van der Waals surface area contributed by atoms with Gasteiger partial charge in [-0.15, -0.1) is 0 Å². The van der Waals surface area contributed by atoms with Gasteiger partial charge in [-0.1, -0.05) is 0 Å². The molecule has 0 fully saturated rings. The van der Waals surface area contributed by atoms with Crippen molar-refractivity contribution in [3.63, 3.8) is 0 Å². The van der Waals surface area contributed by atoms with Gasteiger partial charge in [-0.05, 0) is 37.6 Å². The molecule has 0 saturated carbocycles. The van der Waals surface area contributed by atoms with Crippen molar-refractivity contribution < 1.29 is 23.9 Å². The molecular weight excluding hydrogens is 288 g/mol. The number of nitrogens with two attached hydrogens (primary N) is 1. The molecule has 7 heteroatoms. The molecule has 3 N–H and O–H groups in total. The van der Waals surface area contributed by atoms with Crippen LogP contribution < -0.4 is 15.8 Å². The van der Waals surface area contributed by atoms with Gasteiger partial charge in [0.15, 0.2) is 0 Å². The number of carbonyl (C=O) groups is 4. The first-order valence-electron chi connectivity index (χ1n) is 6.67. The number of ether oxygens (including phenoxy) is 1. The quantitative estimate of drug-likeness (QED) is 0.564. The van der Waals surface area contributed by atoms with Gasteiger partial charge in [0.05, 0.1) is 0 Å². The smallest absolute Gasteiger partial charge is 0.308 e. The number of esters is 1. The third kappa shape index (κ3) is 5.74. The molecule has 0 saturated heterocycles. The van der Waals surface area contributed by atoms with Crippen molar-refractivity contribution in [3.05, 3.63) is 29.8 Å². The lowest BCUT2D eigenvalue weighted by Crippen LogP contribution is -2.44. The zero-order chi connectivity index (χ0) is 16.7. The molecule has 0 aliphatic carbocycles. The molecule has 2 amide bonds. The summed E-state index contributed by atoms with van der Waals surface area (Å²) in [5.41, 5.74) is 5.49. The number of benzene rings is 1. The number of Topliss-reactive ketones (excluding diaryl/α,β-unsaturated/α-hetero) is 1. The Bertz CT molecular complexity index is 580. The van der Waals surface area contributed by atoms with E-state index in [1.165, 1.54) is 38.1 Å². The first-order chi connectivity index (χ1) is 10.3. The van der Waals surface area contributed by atoms with E-state index >= 15 is 0 Å². The van der Waals surface area contributed by atoms with Crippen LogP contribution in [0.3, 0.4) is 0 Å². The van der Waals surface area contributed by atoms with Gasteiger partial charge >= 0.3 is 5.97 Å². The first-order valence-corrected chi connectivity index (χ1v) is 6.67. The average molecular weight is 306 g/mol. The van der Waals surface area contributed by atoms with Crippen molar-refractivity contribution in [3.8, 4) is 5.75 Å². The fourth-order valence-corrected chi connectivity index (χ4v) is 1.72. The number of ketones is 1. The van der Waals surface area contributed by atoms with Gasteiger partial charge in [0.2, 0.25) is 5.91 Å². The summed E-state index contributed by atoms with van der Waals surface area (Å²) in [6.07, 6.45) is 0.307. The fraction of sp³-hybridized carbons (Fsp3) is 0.333. The van der Waals surface area contributed by atoms with Crippen LogP contribution in [0.15, 0.2) is 24.3 Å². The predicted molar refractivity (Wildman–Crippen MR) is 78.1 cm³/mol. The normalized spacial score (nSPS) is 11.4. The summed E-state index contributed by atoms with van der Waals surface area (Å²) in [4.78, 5) is 45.1. The van der Waals surface area contributed by atoms with Gasteiger partial charge in [0, 0.05) is 18.9 Å². The van der Waals surface area contributed by atoms with E-state index in [9.17, 15) is 19.2 Å². The van der Waals surface area contributed by atoms with E-state index in [1.807, 2.05) is 0 Å². The van der Waals surface area contributed by atoms with Crippen molar-refractivity contribution >= 4 is 23.6 Å². The Labute approximate surface area is 127 Å². The molecule has 1 aromatic rings. The van der Waals surface area contributed by atoms with E-state index in [1.54, 1.807) is 0 Å². The number of hydrogen-bond acceptors (Lipinski definition) is 5. The molecule has 7 nitrogen and oxygen atoms in total. The summed E-state index contributed by atoms with van der Waals surface area (Å²) in [7, 11) is 0. The van der Waals surface area contributed by atoms with E-state index < -0.39 is 23.8 Å². The average Bonchev–Trinajstić information content (AvgIpc) is 2.42. The molecule has 0 radical (unpaired) electrons. The number of hydrogen-bond donors (Lipinski definition) is 2. The van der Waals surface area contributed by atoms with E-state index in [2.05, 4.69) is 5.32 Å². The molecule has 1 atom stereocenters. The van der Waals surface area contributed by atoms with Gasteiger partial charge < -0.3 is 20.6 Å². The lowest BCUT2D eigenvalue weighted by Gasteiger charge is -2.14. The van der Waals surface area contributed by atoms with Crippen molar-refractivity contribution in [2.45, 2.75) is 32.7 Å². The second-order valence-corrected chi connectivity index (χ2v) is 4.79. The van der Waals surface area contributed by atoms with Crippen LogP contribution in [-0.2, 0) is 14.4 Å². The molecule has 118 valence electrons. The Balaban J connectivity index is 2.71. The summed E-state index contributed by atoms with van der Waals surface area (Å²) in [5, 5.41) is 2.47. The van der Waals surface area contributed by atoms with E-state index in [0.717, 1.165) is 0 Å². The van der Waals surface area contributed by atoms with Gasteiger partial charge in [0.25, 0.3) is 5.91 Å². The topological polar surface area (TPSA) is 116 Å². The molecule has 1 rings (SSSR count). The Morgan fingerprint density at radius 3 is 2.18 bits per heavy atom. The lowest BCUT2D eigenvalue weighted by molar-refractivity contribution is -0.132. The first kappa shape index (κ1) is 17.4. The molecule has 0 bridgehead atoms. The second-order valence-electron chi connectivity index (χ2n) is 4.79. The number of amides is 2. The second kappa shape index (κ2) is 7.92. The monoisotopic (exact) mass is 306 g/mol. The van der Waals surface area contributed by atoms with Crippen LogP contribution in [0.1, 0.15) is 37.0 Å². The molecule has 0 aliphatic heterocycles. The minimum Gasteiger partial charge on any atom is -0.427 e. The van der Waals surface area contributed by atoms with Gasteiger partial charge in [-0.25, -0.2) is 0 Å². The van der Waals surface area contributed by atoms with Crippen LogP contribution in [-0.4, -0.2) is 29.6 Å². The largest absolute Gasteiger partial charge is 0.427 e. The molecule has 0 unspecified atom stereocenters. The highest BCUT2D eigenvalue weighted by Gasteiger charge is 2.19. The zero-order valence-electron chi connectivity index (χ0n) is 12.4. The molecule has 0 heterocycles. The van der Waals surface area contributed by atoms with Gasteiger partial charge in [0.1, 0.15) is 17.6 Å². The molecule has 1 aromatic carbocycles. The van der Waals surface area contributed by atoms with Crippen LogP contribution in [0.25, 0.3) is 0 Å². The predicted octanol–water partition coefficient (Wildman–Crippen LogP) is 0.565. The minimum absolute atomic E-state index is 0.0915. The zero-order valence-corrected chi connectivity index (χ0v) is 12.4. The highest BCUT2D eigenvalue weighted by molar-refractivity contribution is 5.97. The van der Waals surface area contributed by atoms with E-state index in [0.29, 0.717) is 5.75 Å². The Hall–Kier alpha value is -2.70. The summed E-state index contributed by atoms with van der Waals surface area (Å²) >= 11 is 0. The summed E-state index contributed by atoms with van der Waals surface area (Å²) < 4.78 is 4.85. The molecular formula is C15H18N2O5. The highest BCUT2D eigenvalue weighted by Crippen LogP contribution is 2.12. The summed E-state index contributed by atoms with van der Waals surface area (Å²) in [5.74, 6) is -1.44. The number of rotatable bonds is 7. The Morgan fingerprint density at radius 1 is 1.14 bits per heavy atom. The standard InChI is InChI=1S/C15H18N2O5/c1-9(18)3-8-13(14(16)20)17-15(21)11-4-6-12(7-5-11)22-10(2)19/h4-7,13H,3,8H2,1-2H3,(H2,16,20)(H,17,21)/t13-/m1/s1. The van der Waals surface area contributed by atoms with Crippen LogP contribution in [0.5, 0.6) is 5.75 Å². The minimum atomic E-state index is -0.912. The van der Waals surface area contributed by atoms with Crippen LogP contribution in [0, 0.1) is 0 Å². The third-order valence-electron chi connectivity index (χ3n) is 2.81. The van der Waals surface area contributed by atoms with Gasteiger partial charge in [-0.2, -0.15) is 0 Å². The van der Waals surface area contributed by atoms with Crippen LogP contribution >= 0.6 is 0 Å².